The summed E-state index contributed by atoms with van der Waals surface area (Å²) in [7, 11) is 0. The van der Waals surface area contributed by atoms with Gasteiger partial charge in [0.25, 0.3) is 5.91 Å². The Balaban J connectivity index is 1.66. The summed E-state index contributed by atoms with van der Waals surface area (Å²) in [5, 5.41) is 12.8. The number of hydrogen-bond donors (Lipinski definition) is 3. The first-order valence-corrected chi connectivity index (χ1v) is 9.79. The zero-order valence-corrected chi connectivity index (χ0v) is 17.1. The summed E-state index contributed by atoms with van der Waals surface area (Å²) >= 11 is 6.71. The Morgan fingerprint density at radius 1 is 1.23 bits per heavy atom. The minimum absolute atomic E-state index is 0.0540. The average Bonchev–Trinajstić information content (AvgIpc) is 3.27. The van der Waals surface area contributed by atoms with Crippen molar-refractivity contribution in [3.63, 3.8) is 0 Å². The highest BCUT2D eigenvalue weighted by Crippen LogP contribution is 2.41. The van der Waals surface area contributed by atoms with Crippen LogP contribution in [-0.4, -0.2) is 31.6 Å². The van der Waals surface area contributed by atoms with Crippen LogP contribution in [0.2, 0.25) is 5.15 Å². The fourth-order valence-corrected chi connectivity index (χ4v) is 3.99. The molecule has 0 aliphatic heterocycles. The maximum atomic E-state index is 13.5. The minimum atomic E-state index is -4.60. The summed E-state index contributed by atoms with van der Waals surface area (Å²) in [4.78, 5) is 20.8. The number of hydrogen-bond acceptors (Lipinski definition) is 6. The van der Waals surface area contributed by atoms with Gasteiger partial charge in [0.15, 0.2) is 5.13 Å². The van der Waals surface area contributed by atoms with Crippen LogP contribution in [0, 0.1) is 0 Å². The molecule has 3 N–H and O–H groups in total. The zero-order valence-electron chi connectivity index (χ0n) is 15.6. The number of benzene rings is 1. The normalized spacial score (nSPS) is 12.5. The Kier molecular flexibility index (Phi) is 4.82. The topological polar surface area (TPSA) is 95.6 Å². The number of nitrogens with zero attached hydrogens (tertiary/aromatic N) is 3. The van der Waals surface area contributed by atoms with Gasteiger partial charge >= 0.3 is 6.18 Å². The second-order valence-corrected chi connectivity index (χ2v) is 8.41. The van der Waals surface area contributed by atoms with Crippen molar-refractivity contribution in [1.29, 1.82) is 0 Å². The zero-order chi connectivity index (χ0) is 21.7. The number of halogens is 4. The van der Waals surface area contributed by atoms with E-state index in [0.29, 0.717) is 16.2 Å². The molecule has 7 nitrogen and oxygen atoms in total. The lowest BCUT2D eigenvalue weighted by atomic mass is 10.0. The smallest absolute Gasteiger partial charge is 0.370 e. The third-order valence-corrected chi connectivity index (χ3v) is 5.59. The highest BCUT2D eigenvalue weighted by atomic mass is 35.5. The van der Waals surface area contributed by atoms with Gasteiger partial charge in [-0.2, -0.15) is 18.3 Å². The van der Waals surface area contributed by atoms with Crippen molar-refractivity contribution in [1.82, 2.24) is 20.2 Å². The van der Waals surface area contributed by atoms with Crippen molar-refractivity contribution in [3.05, 3.63) is 41.3 Å². The van der Waals surface area contributed by atoms with Crippen LogP contribution in [0.25, 0.3) is 21.1 Å². The molecule has 0 spiro atoms. The van der Waals surface area contributed by atoms with Gasteiger partial charge in [0.05, 0.1) is 39.4 Å². The number of pyridine rings is 1. The number of anilines is 2. The van der Waals surface area contributed by atoms with Gasteiger partial charge in [0.1, 0.15) is 10.7 Å². The highest BCUT2D eigenvalue weighted by Gasteiger charge is 2.36. The molecule has 0 atom stereocenters. The number of nitrogens with one attached hydrogen (secondary N) is 3. The molecule has 30 heavy (non-hydrogen) atoms. The fraction of sp³-hybridized carbons (Fsp3) is 0.222. The van der Waals surface area contributed by atoms with Gasteiger partial charge in [-0.05, 0) is 32.0 Å². The van der Waals surface area contributed by atoms with Gasteiger partial charge in [-0.3, -0.25) is 15.2 Å². The average molecular weight is 455 g/mol. The Bertz CT molecular complexity index is 1250. The van der Waals surface area contributed by atoms with Gasteiger partial charge in [0.2, 0.25) is 0 Å². The number of amides is 1. The van der Waals surface area contributed by atoms with E-state index < -0.39 is 23.2 Å². The van der Waals surface area contributed by atoms with E-state index in [2.05, 4.69) is 30.8 Å². The molecule has 0 saturated carbocycles. The van der Waals surface area contributed by atoms with Gasteiger partial charge in [-0.25, -0.2) is 9.97 Å². The summed E-state index contributed by atoms with van der Waals surface area (Å²) in [5.41, 5.74) is -1.43. The minimum Gasteiger partial charge on any atom is -0.370 e. The summed E-state index contributed by atoms with van der Waals surface area (Å²) in [6, 6.07) is 4.20. The third kappa shape index (κ3) is 3.77. The summed E-state index contributed by atoms with van der Waals surface area (Å²) in [6.45, 7) is 3.25. The standard InChI is InChI=1S/C18H14ClF3N6OS/c1-17(2,27-8-3-4-12(19)23-6-8)15(29)26-16-25-13-10(18(20,21)22)5-11-9(7-24-28-11)14(13)30-16/h3-7,27H,1-2H3,(H,24,28)(H,25,26,29). The van der Waals surface area contributed by atoms with Crippen molar-refractivity contribution in [2.24, 2.45) is 0 Å². The molecule has 0 aliphatic carbocycles. The van der Waals surface area contributed by atoms with E-state index in [0.717, 1.165) is 17.4 Å². The van der Waals surface area contributed by atoms with Gasteiger partial charge in [0, 0.05) is 5.39 Å². The molecule has 4 aromatic rings. The second kappa shape index (κ2) is 7.10. The van der Waals surface area contributed by atoms with E-state index in [-0.39, 0.29) is 20.9 Å². The van der Waals surface area contributed by atoms with E-state index in [4.69, 9.17) is 11.6 Å². The lowest BCUT2D eigenvalue weighted by Gasteiger charge is -2.25. The van der Waals surface area contributed by atoms with Crippen molar-refractivity contribution in [2.75, 3.05) is 10.6 Å². The summed E-state index contributed by atoms with van der Waals surface area (Å²) in [5.74, 6) is -0.478. The molecule has 3 aromatic heterocycles. The lowest BCUT2D eigenvalue weighted by molar-refractivity contribution is -0.136. The number of carbonyl (C=O) groups excluding carboxylic acids is 1. The predicted molar refractivity (Wildman–Crippen MR) is 110 cm³/mol. The molecule has 4 rings (SSSR count). The molecule has 1 aromatic carbocycles. The van der Waals surface area contributed by atoms with Crippen LogP contribution in [0.4, 0.5) is 24.0 Å². The Morgan fingerprint density at radius 3 is 2.67 bits per heavy atom. The summed E-state index contributed by atoms with van der Waals surface area (Å²) < 4.78 is 40.8. The molecule has 0 bridgehead atoms. The van der Waals surface area contributed by atoms with Crippen LogP contribution >= 0.6 is 22.9 Å². The lowest BCUT2D eigenvalue weighted by Crippen LogP contribution is -2.44. The Hall–Kier alpha value is -2.92. The first-order chi connectivity index (χ1) is 14.0. The molecular weight excluding hydrogens is 441 g/mol. The number of H-pyrrole nitrogens is 1. The highest BCUT2D eigenvalue weighted by molar-refractivity contribution is 7.23. The fourth-order valence-electron chi connectivity index (χ4n) is 2.88. The first-order valence-electron chi connectivity index (χ1n) is 8.59. The third-order valence-electron chi connectivity index (χ3n) is 4.36. The monoisotopic (exact) mass is 454 g/mol. The number of aromatic nitrogens is 4. The number of alkyl halides is 3. The van der Waals surface area contributed by atoms with Gasteiger partial charge < -0.3 is 5.32 Å². The van der Waals surface area contributed by atoms with Crippen LogP contribution < -0.4 is 10.6 Å². The molecule has 0 radical (unpaired) electrons. The van der Waals surface area contributed by atoms with Crippen LogP contribution in [0.5, 0.6) is 0 Å². The summed E-state index contributed by atoms with van der Waals surface area (Å²) in [6.07, 6.45) is -1.70. The molecule has 0 saturated heterocycles. The van der Waals surface area contributed by atoms with E-state index in [1.807, 2.05) is 0 Å². The number of thiazole rings is 1. The van der Waals surface area contributed by atoms with Crippen molar-refractivity contribution in [2.45, 2.75) is 25.6 Å². The van der Waals surface area contributed by atoms with Crippen molar-refractivity contribution >= 4 is 60.8 Å². The second-order valence-electron chi connectivity index (χ2n) is 7.02. The molecule has 12 heteroatoms. The molecule has 0 aliphatic rings. The maximum absolute atomic E-state index is 13.5. The van der Waals surface area contributed by atoms with Crippen LogP contribution in [0.15, 0.2) is 30.6 Å². The van der Waals surface area contributed by atoms with E-state index in [1.54, 1.807) is 26.0 Å². The molecular formula is C18H14ClF3N6OS. The molecule has 3 heterocycles. The van der Waals surface area contributed by atoms with Crippen LogP contribution in [0.1, 0.15) is 19.4 Å². The van der Waals surface area contributed by atoms with Crippen molar-refractivity contribution in [3.8, 4) is 0 Å². The Morgan fingerprint density at radius 2 is 2.00 bits per heavy atom. The quantitative estimate of drug-likeness (QED) is 0.374. The first kappa shape index (κ1) is 20.4. The van der Waals surface area contributed by atoms with Gasteiger partial charge in [-0.15, -0.1) is 0 Å². The SMILES string of the molecule is CC(C)(Nc1ccc(Cl)nc1)C(=O)Nc1nc2c(C(F)(F)F)cc3[nH]ncc3c2s1. The molecule has 1 amide bonds. The van der Waals surface area contributed by atoms with Crippen LogP contribution in [-0.2, 0) is 11.0 Å². The van der Waals surface area contributed by atoms with Gasteiger partial charge in [-0.1, -0.05) is 22.9 Å². The molecule has 0 unspecified atom stereocenters. The maximum Gasteiger partial charge on any atom is 0.418 e. The molecule has 0 fully saturated rings. The van der Waals surface area contributed by atoms with Crippen LogP contribution in [0.3, 0.4) is 0 Å². The number of carbonyl (C=O) groups is 1. The van der Waals surface area contributed by atoms with E-state index in [1.165, 1.54) is 12.4 Å². The molecule has 156 valence electrons. The number of fused-ring (bicyclic) bond motifs is 3. The number of rotatable bonds is 4. The number of aromatic amines is 1. The van der Waals surface area contributed by atoms with Crippen molar-refractivity contribution < 1.29 is 18.0 Å². The largest absolute Gasteiger partial charge is 0.418 e. The predicted octanol–water partition coefficient (Wildman–Crippen LogP) is 5.07. The van der Waals surface area contributed by atoms with E-state index >= 15 is 0 Å². The van der Waals surface area contributed by atoms with E-state index in [9.17, 15) is 18.0 Å². The Labute approximate surface area is 176 Å².